The van der Waals surface area contributed by atoms with Crippen LogP contribution in [0.15, 0.2) is 72.9 Å². The molecule has 3 saturated heterocycles. The van der Waals surface area contributed by atoms with Gasteiger partial charge in [0.1, 0.15) is 19.8 Å². The Bertz CT molecular complexity index is 1640. The van der Waals surface area contributed by atoms with Gasteiger partial charge in [0.05, 0.1) is 74.5 Å². The zero-order chi connectivity index (χ0) is 41.7. The second-order valence-corrected chi connectivity index (χ2v) is 13.5. The third kappa shape index (κ3) is 14.7. The molecule has 6 heterocycles. The van der Waals surface area contributed by atoms with Gasteiger partial charge in [-0.25, -0.2) is 43.1 Å². The van der Waals surface area contributed by atoms with Crippen molar-refractivity contribution >= 4 is 17.8 Å². The molecule has 3 aliphatic rings. The summed E-state index contributed by atoms with van der Waals surface area (Å²) in [6.07, 6.45) is 13.5. The third-order valence-corrected chi connectivity index (χ3v) is 9.21. The summed E-state index contributed by atoms with van der Waals surface area (Å²) in [5.41, 5.74) is 12.0. The first-order valence-electron chi connectivity index (χ1n) is 18.9. The van der Waals surface area contributed by atoms with Crippen molar-refractivity contribution in [1.82, 2.24) is 29.9 Å². The molecule has 3 fully saturated rings. The van der Waals surface area contributed by atoms with Crippen LogP contribution in [-0.4, -0.2) is 138 Å². The van der Waals surface area contributed by atoms with Gasteiger partial charge in [0.15, 0.2) is 17.2 Å². The van der Waals surface area contributed by atoms with Gasteiger partial charge in [-0.05, 0) is 31.3 Å². The number of aromatic nitrogens is 6. The quantitative estimate of drug-likeness (QED) is 0.163. The summed E-state index contributed by atoms with van der Waals surface area (Å²) < 4.78 is 58.3. The van der Waals surface area contributed by atoms with Crippen molar-refractivity contribution < 1.29 is 42.3 Å². The van der Waals surface area contributed by atoms with E-state index in [0.717, 1.165) is 45.4 Å². The average molecular weight is 818 g/mol. The summed E-state index contributed by atoms with van der Waals surface area (Å²) in [6.45, 7) is 6.76. The maximum Gasteiger partial charge on any atom is 0.225 e. The lowest BCUT2D eigenvalue weighted by atomic mass is 10.2. The highest BCUT2D eigenvalue weighted by Gasteiger charge is 2.25. The van der Waals surface area contributed by atoms with Crippen molar-refractivity contribution in [3.8, 4) is 17.2 Å². The van der Waals surface area contributed by atoms with Crippen molar-refractivity contribution in [3.63, 3.8) is 0 Å². The number of nitrogens with zero attached hydrogens (tertiary/aromatic N) is 9. The second kappa shape index (κ2) is 24.6. The van der Waals surface area contributed by atoms with Gasteiger partial charge in [-0.1, -0.05) is 6.92 Å². The number of nitrogens with two attached hydrogens (primary N) is 2. The Morgan fingerprint density at radius 1 is 0.621 bits per heavy atom. The normalized spacial score (nSPS) is 19.7. The molecule has 3 aromatic rings. The molecule has 318 valence electrons. The predicted molar refractivity (Wildman–Crippen MR) is 212 cm³/mol. The van der Waals surface area contributed by atoms with Gasteiger partial charge >= 0.3 is 0 Å². The number of methoxy groups -OCH3 is 1. The first kappa shape index (κ1) is 45.6. The van der Waals surface area contributed by atoms with Crippen LogP contribution in [0.5, 0.6) is 17.2 Å². The molecule has 3 aromatic heterocycles. The van der Waals surface area contributed by atoms with E-state index in [1.54, 1.807) is 19.5 Å². The van der Waals surface area contributed by atoms with Crippen LogP contribution in [0.4, 0.5) is 31.0 Å². The van der Waals surface area contributed by atoms with Crippen LogP contribution >= 0.6 is 0 Å². The molecule has 0 radical (unpaired) electrons. The summed E-state index contributed by atoms with van der Waals surface area (Å²) in [4.78, 5) is 31.1. The Morgan fingerprint density at radius 2 is 0.966 bits per heavy atom. The zero-order valence-corrected chi connectivity index (χ0v) is 32.9. The predicted octanol–water partition coefficient (Wildman–Crippen LogP) is 2.82. The van der Waals surface area contributed by atoms with E-state index < -0.39 is 0 Å². The van der Waals surface area contributed by atoms with E-state index in [-0.39, 0.29) is 51.2 Å². The fraction of sp³-hybridized carbons (Fsp3) is 0.526. The van der Waals surface area contributed by atoms with E-state index >= 15 is 0 Å². The Labute approximate surface area is 336 Å². The monoisotopic (exact) mass is 817 g/mol. The number of hydrogen-bond donors (Lipinski definition) is 4. The van der Waals surface area contributed by atoms with Gasteiger partial charge in [0, 0.05) is 70.6 Å². The van der Waals surface area contributed by atoms with Crippen LogP contribution in [0.1, 0.15) is 32.6 Å². The van der Waals surface area contributed by atoms with Crippen molar-refractivity contribution in [3.05, 3.63) is 72.9 Å². The Hall–Kier alpha value is -5.15. The average Bonchev–Trinajstić information content (AvgIpc) is 4.05. The van der Waals surface area contributed by atoms with Gasteiger partial charge in [-0.15, -0.1) is 0 Å². The molecule has 6 rings (SSSR count). The summed E-state index contributed by atoms with van der Waals surface area (Å²) in [6, 6.07) is 0. The summed E-state index contributed by atoms with van der Waals surface area (Å²) in [5, 5.41) is 18.9. The van der Waals surface area contributed by atoms with Crippen LogP contribution in [0.3, 0.4) is 0 Å². The molecule has 0 spiro atoms. The molecule has 17 nitrogen and oxygen atoms in total. The fourth-order valence-electron chi connectivity index (χ4n) is 5.60. The summed E-state index contributed by atoms with van der Waals surface area (Å²) >= 11 is 0. The molecular formula is C38H54F3N11O6. The first-order valence-corrected chi connectivity index (χ1v) is 18.9. The highest BCUT2D eigenvalue weighted by Crippen LogP contribution is 2.21. The van der Waals surface area contributed by atoms with E-state index in [0.29, 0.717) is 90.3 Å². The third-order valence-electron chi connectivity index (χ3n) is 9.21. The number of β-amino-alcohol motifs (C(OH)–C–C–N with tert-alkyl or cyclic N) is 2. The topological polar surface area (TPSA) is 216 Å². The van der Waals surface area contributed by atoms with E-state index in [1.165, 1.54) is 24.8 Å². The number of hydrogen-bond acceptors (Lipinski definition) is 17. The summed E-state index contributed by atoms with van der Waals surface area (Å²) in [5.74, 6) is 3.25. The minimum atomic E-state index is -0.318. The van der Waals surface area contributed by atoms with Crippen LogP contribution in [0.25, 0.3) is 0 Å². The van der Waals surface area contributed by atoms with Crippen LogP contribution in [-0.2, 0) is 4.74 Å². The molecule has 3 aliphatic heterocycles. The molecule has 20 heteroatoms. The minimum Gasteiger partial charge on any atom is -0.486 e. The first-order chi connectivity index (χ1) is 28.2. The number of rotatable bonds is 16. The maximum absolute atomic E-state index is 12.4. The number of aliphatic hydroxyl groups is 2. The molecule has 3 atom stereocenters. The van der Waals surface area contributed by atoms with E-state index in [2.05, 4.69) is 34.8 Å². The standard InChI is InChI=1S/C14H20FN3O2.2C12H17FN4O2/c1-3-11(6-15)10-20-13-7-16-14(17-8-13)18-5-4-12(9-18)19-2;2*13-3-9(4-14)8-19-11-5-15-12(16-6-11)17-2-1-10(18)7-17/h6-8,12H,3-5,9-10H2,1-2H3;2*3,5-6,10,18H,1-2,4,7-8,14H2/b11-6+;9-3+;9-3-/t12-;2*10-/m000/s1. The van der Waals surface area contributed by atoms with Crippen molar-refractivity contribution in [2.45, 2.75) is 50.9 Å². The Morgan fingerprint density at radius 3 is 1.24 bits per heavy atom. The number of halogens is 3. The van der Waals surface area contributed by atoms with Gasteiger partial charge < -0.3 is 55.3 Å². The van der Waals surface area contributed by atoms with Gasteiger partial charge in [-0.2, -0.15) is 0 Å². The van der Waals surface area contributed by atoms with Crippen molar-refractivity contribution in [2.24, 2.45) is 11.5 Å². The van der Waals surface area contributed by atoms with Crippen LogP contribution in [0, 0.1) is 0 Å². The largest absolute Gasteiger partial charge is 0.486 e. The highest BCUT2D eigenvalue weighted by molar-refractivity contribution is 5.35. The number of anilines is 3. The SMILES string of the molecule is CC/C(=C\F)COc1cnc(N2CC[C@H](OC)C2)nc1.NC/C(=C/F)COc1cnc(N2CC[C@H](O)C2)nc1.NC/C(=C\F)COc1cnc(N2CC[C@H](O)C2)nc1. The lowest BCUT2D eigenvalue weighted by molar-refractivity contribution is 0.121. The molecule has 0 aromatic carbocycles. The highest BCUT2D eigenvalue weighted by atomic mass is 19.1. The van der Waals surface area contributed by atoms with E-state index in [4.69, 9.17) is 30.4 Å². The molecule has 58 heavy (non-hydrogen) atoms. The molecule has 0 aliphatic carbocycles. The summed E-state index contributed by atoms with van der Waals surface area (Å²) in [7, 11) is 1.72. The van der Waals surface area contributed by atoms with Crippen molar-refractivity contribution in [1.29, 1.82) is 0 Å². The zero-order valence-electron chi connectivity index (χ0n) is 32.9. The Kier molecular flexibility index (Phi) is 19.3. The lowest BCUT2D eigenvalue weighted by Crippen LogP contribution is -2.24. The molecule has 0 saturated carbocycles. The fourth-order valence-corrected chi connectivity index (χ4v) is 5.60. The lowest BCUT2D eigenvalue weighted by Gasteiger charge is -2.16. The molecule has 0 bridgehead atoms. The smallest absolute Gasteiger partial charge is 0.225 e. The number of aliphatic hydroxyl groups excluding tert-OH is 2. The van der Waals surface area contributed by atoms with Gasteiger partial charge in [-0.3, -0.25) is 0 Å². The van der Waals surface area contributed by atoms with Gasteiger partial charge in [0.2, 0.25) is 17.8 Å². The van der Waals surface area contributed by atoms with E-state index in [9.17, 15) is 23.4 Å². The van der Waals surface area contributed by atoms with Crippen molar-refractivity contribution in [2.75, 3.05) is 94.0 Å². The van der Waals surface area contributed by atoms with Gasteiger partial charge in [0.25, 0.3) is 0 Å². The molecule has 0 unspecified atom stereocenters. The van der Waals surface area contributed by atoms with E-state index in [1.807, 2.05) is 16.7 Å². The number of ether oxygens (including phenoxy) is 4. The maximum atomic E-state index is 12.4. The van der Waals surface area contributed by atoms with Crippen LogP contribution < -0.4 is 40.4 Å². The molecule has 0 amide bonds. The minimum absolute atomic E-state index is 0.0815. The molecule has 6 N–H and O–H groups in total. The molecular weight excluding hydrogens is 763 g/mol. The Balaban J connectivity index is 0.000000193. The van der Waals surface area contributed by atoms with Crippen LogP contribution in [0.2, 0.25) is 0 Å². The second-order valence-electron chi connectivity index (χ2n) is 13.5.